The first kappa shape index (κ1) is 21.1. The molecule has 1 saturated heterocycles. The van der Waals surface area contributed by atoms with Gasteiger partial charge in [-0.1, -0.05) is 32.0 Å². The zero-order valence-corrected chi connectivity index (χ0v) is 19.3. The summed E-state index contributed by atoms with van der Waals surface area (Å²) in [6.45, 7) is 6.21. The maximum absolute atomic E-state index is 5.91. The molecule has 28 heavy (non-hydrogen) atoms. The molecule has 7 heteroatoms. The average molecular weight is 495 g/mol. The van der Waals surface area contributed by atoms with Crippen LogP contribution < -0.4 is 5.32 Å². The maximum Gasteiger partial charge on any atom is 0.193 e. The highest BCUT2D eigenvalue weighted by Gasteiger charge is 2.59. The molecule has 0 amide bonds. The number of fused-ring (bicyclic) bond motifs is 1. The van der Waals surface area contributed by atoms with Gasteiger partial charge in [0.15, 0.2) is 5.96 Å². The minimum Gasteiger partial charge on any atom is -0.377 e. The summed E-state index contributed by atoms with van der Waals surface area (Å²) < 4.78 is 7.82. The molecule has 2 heterocycles. The predicted octanol–water partition coefficient (Wildman–Crippen LogP) is 3.31. The number of aromatic nitrogens is 2. The summed E-state index contributed by atoms with van der Waals surface area (Å²) in [5.74, 6) is 1.51. The molecule has 3 unspecified atom stereocenters. The van der Waals surface area contributed by atoms with Crippen LogP contribution in [0.5, 0.6) is 0 Å². The Kier molecular flexibility index (Phi) is 6.34. The van der Waals surface area contributed by atoms with E-state index in [0.29, 0.717) is 18.1 Å². The van der Waals surface area contributed by atoms with Crippen molar-refractivity contribution in [3.8, 4) is 5.69 Å². The van der Waals surface area contributed by atoms with Gasteiger partial charge in [0, 0.05) is 56.4 Å². The molecule has 2 aliphatic rings. The lowest BCUT2D eigenvalue weighted by molar-refractivity contribution is -0.107. The Labute approximate surface area is 184 Å². The van der Waals surface area contributed by atoms with Gasteiger partial charge in [-0.2, -0.15) is 5.10 Å². The number of para-hydroxylation sites is 1. The number of hydrogen-bond acceptors (Lipinski definition) is 3. The number of guanidine groups is 1. The number of rotatable bonds is 4. The summed E-state index contributed by atoms with van der Waals surface area (Å²) in [5.41, 5.74) is 2.35. The number of aliphatic imine (C=N–C) groups is 1. The quantitative estimate of drug-likeness (QED) is 0.402. The molecular formula is C21H30IN5O. The van der Waals surface area contributed by atoms with Crippen molar-refractivity contribution in [1.29, 1.82) is 0 Å². The molecule has 6 nitrogen and oxygen atoms in total. The Morgan fingerprint density at radius 2 is 2.11 bits per heavy atom. The highest BCUT2D eigenvalue weighted by molar-refractivity contribution is 14.0. The molecule has 0 radical (unpaired) electrons. The van der Waals surface area contributed by atoms with Gasteiger partial charge >= 0.3 is 0 Å². The van der Waals surface area contributed by atoms with Crippen molar-refractivity contribution in [3.63, 3.8) is 0 Å². The van der Waals surface area contributed by atoms with Gasteiger partial charge in [-0.25, -0.2) is 4.68 Å². The van der Waals surface area contributed by atoms with Gasteiger partial charge in [0.05, 0.1) is 18.0 Å². The molecule has 1 N–H and O–H groups in total. The fourth-order valence-electron chi connectivity index (χ4n) is 4.61. The Morgan fingerprint density at radius 3 is 2.82 bits per heavy atom. The normalized spacial score (nSPS) is 25.4. The van der Waals surface area contributed by atoms with E-state index in [9.17, 15) is 0 Å². The van der Waals surface area contributed by atoms with E-state index in [1.165, 1.54) is 0 Å². The van der Waals surface area contributed by atoms with Crippen molar-refractivity contribution in [1.82, 2.24) is 20.0 Å². The first-order valence-corrected chi connectivity index (χ1v) is 9.65. The van der Waals surface area contributed by atoms with Gasteiger partial charge < -0.3 is 15.0 Å². The number of nitrogens with zero attached hydrogens (tertiary/aromatic N) is 4. The molecule has 3 atom stereocenters. The third-order valence-electron chi connectivity index (χ3n) is 6.04. The second-order valence-corrected chi connectivity index (χ2v) is 8.22. The standard InChI is InChI=1S/C21H29N5O.HI/c1-21(2)18(17-10-11-27-19(17)21)24-20(22-3)25(4)13-15-12-23-26(14-15)16-8-6-5-7-9-16;/h5-9,12,14,17-19H,10-11,13H2,1-4H3,(H,22,24);1H. The zero-order valence-electron chi connectivity index (χ0n) is 17.0. The molecule has 0 bridgehead atoms. The van der Waals surface area contributed by atoms with Crippen LogP contribution in [0.3, 0.4) is 0 Å². The van der Waals surface area contributed by atoms with Gasteiger partial charge in [0.1, 0.15) is 0 Å². The van der Waals surface area contributed by atoms with Crippen molar-refractivity contribution < 1.29 is 4.74 Å². The lowest BCUT2D eigenvalue weighted by Gasteiger charge is -2.55. The lowest BCUT2D eigenvalue weighted by Crippen LogP contribution is -2.67. The largest absolute Gasteiger partial charge is 0.377 e. The smallest absolute Gasteiger partial charge is 0.193 e. The second kappa shape index (κ2) is 8.41. The monoisotopic (exact) mass is 495 g/mol. The van der Waals surface area contributed by atoms with Crippen molar-refractivity contribution in [2.24, 2.45) is 16.3 Å². The van der Waals surface area contributed by atoms with Gasteiger partial charge in [-0.05, 0) is 18.6 Å². The SMILES string of the molecule is CN=C(NC1C2CCOC2C1(C)C)N(C)Cc1cnn(-c2ccccc2)c1.I. The van der Waals surface area contributed by atoms with Crippen molar-refractivity contribution >= 4 is 29.9 Å². The minimum absolute atomic E-state index is 0. The molecule has 152 valence electrons. The highest BCUT2D eigenvalue weighted by Crippen LogP contribution is 2.52. The first-order chi connectivity index (χ1) is 13.0. The molecule has 2 aromatic rings. The predicted molar refractivity (Wildman–Crippen MR) is 122 cm³/mol. The van der Waals surface area contributed by atoms with E-state index in [0.717, 1.165) is 36.8 Å². The summed E-state index contributed by atoms with van der Waals surface area (Å²) >= 11 is 0. The molecule has 2 fully saturated rings. The minimum atomic E-state index is 0. The van der Waals surface area contributed by atoms with Gasteiger partial charge in [0.25, 0.3) is 0 Å². The number of benzene rings is 1. The summed E-state index contributed by atoms with van der Waals surface area (Å²) in [6, 6.07) is 10.6. The zero-order chi connectivity index (χ0) is 19.0. The topological polar surface area (TPSA) is 54.7 Å². The Balaban J connectivity index is 0.00000225. The van der Waals surface area contributed by atoms with Gasteiger partial charge in [-0.15, -0.1) is 24.0 Å². The van der Waals surface area contributed by atoms with Crippen LogP contribution in [-0.4, -0.2) is 53.5 Å². The van der Waals surface area contributed by atoms with Gasteiger partial charge in [0.2, 0.25) is 0 Å². The third kappa shape index (κ3) is 3.78. The molecule has 1 aliphatic carbocycles. The Morgan fingerprint density at radius 1 is 1.36 bits per heavy atom. The molecule has 1 aliphatic heterocycles. The number of nitrogens with one attached hydrogen (secondary N) is 1. The number of ether oxygens (including phenoxy) is 1. The fraction of sp³-hybridized carbons (Fsp3) is 0.524. The molecule has 1 saturated carbocycles. The Hall–Kier alpha value is -1.61. The summed E-state index contributed by atoms with van der Waals surface area (Å²) in [5, 5.41) is 8.18. The van der Waals surface area contributed by atoms with Crippen molar-refractivity contribution in [2.45, 2.75) is 39.0 Å². The summed E-state index contributed by atoms with van der Waals surface area (Å²) in [6.07, 6.45) is 5.51. The van der Waals surface area contributed by atoms with Crippen molar-refractivity contribution in [2.75, 3.05) is 20.7 Å². The third-order valence-corrected chi connectivity index (χ3v) is 6.04. The van der Waals surface area contributed by atoms with Crippen LogP contribution in [0.25, 0.3) is 5.69 Å². The fourth-order valence-corrected chi connectivity index (χ4v) is 4.61. The highest BCUT2D eigenvalue weighted by atomic mass is 127. The molecular weight excluding hydrogens is 465 g/mol. The van der Waals surface area contributed by atoms with Crippen LogP contribution in [0, 0.1) is 11.3 Å². The number of halogens is 1. The summed E-state index contributed by atoms with van der Waals surface area (Å²) in [4.78, 5) is 6.67. The van der Waals surface area contributed by atoms with E-state index in [1.807, 2.05) is 36.1 Å². The van der Waals surface area contributed by atoms with E-state index in [1.54, 1.807) is 0 Å². The van der Waals surface area contributed by atoms with Crippen LogP contribution in [0.1, 0.15) is 25.8 Å². The van der Waals surface area contributed by atoms with Crippen molar-refractivity contribution in [3.05, 3.63) is 48.3 Å². The summed E-state index contributed by atoms with van der Waals surface area (Å²) in [7, 11) is 3.92. The van der Waals surface area contributed by atoms with E-state index in [4.69, 9.17) is 4.74 Å². The van der Waals surface area contributed by atoms with E-state index < -0.39 is 0 Å². The van der Waals surface area contributed by atoms with Crippen LogP contribution in [-0.2, 0) is 11.3 Å². The molecule has 1 aromatic heterocycles. The van der Waals surface area contributed by atoms with E-state index >= 15 is 0 Å². The van der Waals surface area contributed by atoms with Gasteiger partial charge in [-0.3, -0.25) is 4.99 Å². The van der Waals surface area contributed by atoms with E-state index in [2.05, 4.69) is 59.5 Å². The lowest BCUT2D eigenvalue weighted by atomic mass is 9.57. The van der Waals surface area contributed by atoms with Crippen LogP contribution in [0.2, 0.25) is 0 Å². The maximum atomic E-state index is 5.91. The van der Waals surface area contributed by atoms with E-state index in [-0.39, 0.29) is 29.4 Å². The molecule has 1 aromatic carbocycles. The average Bonchev–Trinajstić information content (AvgIpc) is 3.31. The van der Waals surface area contributed by atoms with Crippen LogP contribution >= 0.6 is 24.0 Å². The number of hydrogen-bond donors (Lipinski definition) is 1. The van der Waals surface area contributed by atoms with Crippen LogP contribution in [0.15, 0.2) is 47.7 Å². The first-order valence-electron chi connectivity index (χ1n) is 9.65. The van der Waals surface area contributed by atoms with Crippen LogP contribution in [0.4, 0.5) is 0 Å². The molecule has 0 spiro atoms. The Bertz CT molecular complexity index is 819. The second-order valence-electron chi connectivity index (χ2n) is 8.22. The molecule has 4 rings (SSSR count).